The molecule has 0 spiro atoms. The van der Waals surface area contributed by atoms with Crippen molar-refractivity contribution in [2.75, 3.05) is 22.8 Å². The third-order valence-corrected chi connectivity index (χ3v) is 4.91. The zero-order valence-corrected chi connectivity index (χ0v) is 13.5. The summed E-state index contributed by atoms with van der Waals surface area (Å²) in [6.07, 6.45) is 3.38. The van der Waals surface area contributed by atoms with Crippen molar-refractivity contribution in [3.05, 3.63) is 42.6 Å². The van der Waals surface area contributed by atoms with Crippen molar-refractivity contribution in [3.8, 4) is 0 Å². The molecular formula is C14H17N3O2S2. The molecule has 0 aliphatic carbocycles. The Morgan fingerprint density at radius 2 is 2.00 bits per heavy atom. The van der Waals surface area contributed by atoms with E-state index in [1.54, 1.807) is 12.1 Å². The van der Waals surface area contributed by atoms with E-state index in [2.05, 4.69) is 15.0 Å². The van der Waals surface area contributed by atoms with Gasteiger partial charge in [-0.3, -0.25) is 4.72 Å². The fourth-order valence-electron chi connectivity index (χ4n) is 1.79. The summed E-state index contributed by atoms with van der Waals surface area (Å²) in [5.41, 5.74) is 0.576. The molecular weight excluding hydrogens is 306 g/mol. The van der Waals surface area contributed by atoms with Crippen molar-refractivity contribution in [1.82, 2.24) is 4.98 Å². The first-order chi connectivity index (χ1) is 10.1. The largest absolute Gasteiger partial charge is 0.370 e. The highest BCUT2D eigenvalue weighted by molar-refractivity contribution is 7.99. The molecule has 112 valence electrons. The minimum Gasteiger partial charge on any atom is -0.370 e. The van der Waals surface area contributed by atoms with Crippen molar-refractivity contribution in [2.24, 2.45) is 0 Å². The van der Waals surface area contributed by atoms with Gasteiger partial charge in [0.2, 0.25) is 0 Å². The van der Waals surface area contributed by atoms with Crippen LogP contribution in [0.5, 0.6) is 0 Å². The van der Waals surface area contributed by atoms with Crippen LogP contribution in [0.25, 0.3) is 0 Å². The van der Waals surface area contributed by atoms with E-state index in [4.69, 9.17) is 0 Å². The minimum absolute atomic E-state index is 0.185. The first kappa shape index (κ1) is 15.7. The van der Waals surface area contributed by atoms with Gasteiger partial charge in [-0.25, -0.2) is 13.4 Å². The van der Waals surface area contributed by atoms with Gasteiger partial charge < -0.3 is 5.32 Å². The maximum absolute atomic E-state index is 12.5. The Labute approximate surface area is 129 Å². The molecule has 0 unspecified atom stereocenters. The van der Waals surface area contributed by atoms with Gasteiger partial charge in [0.05, 0.1) is 10.6 Å². The number of para-hydroxylation sites is 1. The average molecular weight is 323 g/mol. The van der Waals surface area contributed by atoms with E-state index in [1.165, 1.54) is 30.1 Å². The number of hydrogen-bond acceptors (Lipinski definition) is 5. The van der Waals surface area contributed by atoms with Gasteiger partial charge in [-0.15, -0.1) is 11.8 Å². The maximum atomic E-state index is 12.5. The maximum Gasteiger partial charge on any atom is 0.262 e. The van der Waals surface area contributed by atoms with Crippen LogP contribution in [0.1, 0.15) is 6.92 Å². The highest BCUT2D eigenvalue weighted by Gasteiger charge is 2.16. The molecule has 2 rings (SSSR count). The first-order valence-electron chi connectivity index (χ1n) is 6.42. The quantitative estimate of drug-likeness (QED) is 0.800. The molecule has 0 aliphatic heterocycles. The van der Waals surface area contributed by atoms with Crippen molar-refractivity contribution in [3.63, 3.8) is 0 Å². The van der Waals surface area contributed by atoms with Crippen molar-refractivity contribution in [2.45, 2.75) is 16.7 Å². The molecule has 7 heteroatoms. The summed E-state index contributed by atoms with van der Waals surface area (Å²) < 4.78 is 27.5. The Kier molecular flexibility index (Phi) is 5.08. The molecule has 1 aromatic carbocycles. The Balaban J connectivity index is 2.32. The molecule has 5 nitrogen and oxygen atoms in total. The molecule has 2 N–H and O–H groups in total. The third-order valence-electron chi connectivity index (χ3n) is 2.75. The van der Waals surface area contributed by atoms with Crippen LogP contribution in [-0.2, 0) is 10.0 Å². The monoisotopic (exact) mass is 323 g/mol. The van der Waals surface area contributed by atoms with Crippen LogP contribution in [0, 0.1) is 0 Å². The standard InChI is InChI=1S/C14H17N3O2S2/c1-3-15-14-10-11(8-9-16-14)21(18,19)17-12-6-4-5-7-13(12)20-2/h4-10,17H,3H2,1-2H3,(H,15,16). The summed E-state index contributed by atoms with van der Waals surface area (Å²) in [6, 6.07) is 10.3. The summed E-state index contributed by atoms with van der Waals surface area (Å²) in [5, 5.41) is 3.00. The topological polar surface area (TPSA) is 71.1 Å². The van der Waals surface area contributed by atoms with Crippen LogP contribution >= 0.6 is 11.8 Å². The van der Waals surface area contributed by atoms with Gasteiger partial charge in [-0.2, -0.15) is 0 Å². The summed E-state index contributed by atoms with van der Waals surface area (Å²) in [6.45, 7) is 2.61. The molecule has 0 saturated carbocycles. The van der Waals surface area contributed by atoms with Crippen LogP contribution in [0.2, 0.25) is 0 Å². The van der Waals surface area contributed by atoms with Gasteiger partial charge in [0, 0.05) is 23.7 Å². The van der Waals surface area contributed by atoms with E-state index in [0.717, 1.165) is 4.90 Å². The average Bonchev–Trinajstić information content (AvgIpc) is 2.48. The molecule has 21 heavy (non-hydrogen) atoms. The highest BCUT2D eigenvalue weighted by Crippen LogP contribution is 2.27. The summed E-state index contributed by atoms with van der Waals surface area (Å²) in [5.74, 6) is 0.540. The zero-order chi connectivity index (χ0) is 15.3. The van der Waals surface area contributed by atoms with Gasteiger partial charge >= 0.3 is 0 Å². The number of nitrogens with zero attached hydrogens (tertiary/aromatic N) is 1. The van der Waals surface area contributed by atoms with Gasteiger partial charge in [-0.1, -0.05) is 12.1 Å². The summed E-state index contributed by atoms with van der Waals surface area (Å²) in [4.78, 5) is 5.14. The van der Waals surface area contributed by atoms with Crippen LogP contribution in [-0.4, -0.2) is 26.2 Å². The van der Waals surface area contributed by atoms with Crippen LogP contribution in [0.3, 0.4) is 0 Å². The second-order valence-corrected chi connectivity index (χ2v) is 6.74. The van der Waals surface area contributed by atoms with Gasteiger partial charge in [0.15, 0.2) is 0 Å². The Morgan fingerprint density at radius 1 is 1.24 bits per heavy atom. The van der Waals surface area contributed by atoms with Crippen LogP contribution in [0.15, 0.2) is 52.4 Å². The fraction of sp³-hybridized carbons (Fsp3) is 0.214. The molecule has 0 saturated heterocycles. The van der Waals surface area contributed by atoms with Gasteiger partial charge in [-0.05, 0) is 31.4 Å². The predicted octanol–water partition coefficient (Wildman–Crippen LogP) is 3.04. The molecule has 1 aromatic heterocycles. The fourth-order valence-corrected chi connectivity index (χ4v) is 3.50. The molecule has 0 amide bonds. The Bertz CT molecular complexity index is 718. The first-order valence-corrected chi connectivity index (χ1v) is 9.13. The Morgan fingerprint density at radius 3 is 2.71 bits per heavy atom. The summed E-state index contributed by atoms with van der Waals surface area (Å²) in [7, 11) is -3.63. The number of nitrogens with one attached hydrogen (secondary N) is 2. The normalized spacial score (nSPS) is 11.1. The molecule has 2 aromatic rings. The van der Waals surface area contributed by atoms with E-state index in [-0.39, 0.29) is 4.90 Å². The third kappa shape index (κ3) is 3.89. The zero-order valence-electron chi connectivity index (χ0n) is 11.8. The second-order valence-electron chi connectivity index (χ2n) is 4.21. The number of pyridine rings is 1. The number of anilines is 2. The van der Waals surface area contributed by atoms with Gasteiger partial charge in [0.25, 0.3) is 10.0 Å². The molecule has 0 fully saturated rings. The second kappa shape index (κ2) is 6.82. The van der Waals surface area contributed by atoms with Crippen molar-refractivity contribution < 1.29 is 8.42 Å². The smallest absolute Gasteiger partial charge is 0.262 e. The number of benzene rings is 1. The lowest BCUT2D eigenvalue weighted by molar-refractivity contribution is 0.601. The van der Waals surface area contributed by atoms with Crippen LogP contribution < -0.4 is 10.0 Å². The number of sulfonamides is 1. The van der Waals surface area contributed by atoms with E-state index in [9.17, 15) is 8.42 Å². The number of thioether (sulfide) groups is 1. The predicted molar refractivity (Wildman–Crippen MR) is 87.4 cm³/mol. The molecule has 0 aliphatic rings. The molecule has 0 bridgehead atoms. The van der Waals surface area contributed by atoms with Crippen LogP contribution in [0.4, 0.5) is 11.5 Å². The minimum atomic E-state index is -3.63. The lowest BCUT2D eigenvalue weighted by Gasteiger charge is -2.12. The molecule has 0 radical (unpaired) electrons. The number of hydrogen-bond donors (Lipinski definition) is 2. The van der Waals surface area contributed by atoms with E-state index < -0.39 is 10.0 Å². The lowest BCUT2D eigenvalue weighted by atomic mass is 10.3. The summed E-state index contributed by atoms with van der Waals surface area (Å²) >= 11 is 1.49. The van der Waals surface area contributed by atoms with Gasteiger partial charge in [0.1, 0.15) is 5.82 Å². The molecule has 1 heterocycles. The Hall–Kier alpha value is -1.73. The number of aromatic nitrogens is 1. The van der Waals surface area contributed by atoms with E-state index in [1.807, 2.05) is 25.3 Å². The van der Waals surface area contributed by atoms with E-state index >= 15 is 0 Å². The lowest BCUT2D eigenvalue weighted by Crippen LogP contribution is -2.14. The van der Waals surface area contributed by atoms with E-state index in [0.29, 0.717) is 18.1 Å². The van der Waals surface area contributed by atoms with Crippen molar-refractivity contribution in [1.29, 1.82) is 0 Å². The highest BCUT2D eigenvalue weighted by atomic mass is 32.2. The SMILES string of the molecule is CCNc1cc(S(=O)(=O)Nc2ccccc2SC)ccn1. The van der Waals surface area contributed by atoms with Crippen molar-refractivity contribution >= 4 is 33.3 Å². The molecule has 0 atom stereocenters. The number of rotatable bonds is 6.